The molecule has 0 unspecified atom stereocenters. The van der Waals surface area contributed by atoms with Gasteiger partial charge in [0.15, 0.2) is 0 Å². The van der Waals surface area contributed by atoms with Gasteiger partial charge >= 0.3 is 18.2 Å². The normalized spacial score (nSPS) is 11.4. The van der Waals surface area contributed by atoms with Crippen molar-refractivity contribution in [1.82, 2.24) is 15.6 Å². The molecular weight excluding hydrogens is 541 g/mol. The van der Waals surface area contributed by atoms with Gasteiger partial charge in [-0.15, -0.1) is 0 Å². The van der Waals surface area contributed by atoms with Gasteiger partial charge in [-0.25, -0.2) is 14.6 Å². The van der Waals surface area contributed by atoms with Gasteiger partial charge in [0.25, 0.3) is 5.91 Å². The molecule has 2 aromatic carbocycles. The number of ether oxygens (including phenoxy) is 1. The number of aryl methyl sites for hydroxylation is 1. The standard InChI is InChI=1S/C29H31F3N4O5/c1-16(2)35-28(40)34-15-19-12-23(29(30,31)32)25(33-14-19)41-21-10-11-24(22(13-21)27(38)39)36(17(3)4)26(37)20-8-6-18(5)7-9-20/h6-14,16-17H,15H2,1-5H3,(H,38,39)(H2,34,35,40). The van der Waals surface area contributed by atoms with Crippen LogP contribution in [0.3, 0.4) is 0 Å². The van der Waals surface area contributed by atoms with Gasteiger partial charge in [-0.1, -0.05) is 17.7 Å². The first kappa shape index (κ1) is 30.9. The maximum Gasteiger partial charge on any atom is 0.421 e. The van der Waals surface area contributed by atoms with Crippen LogP contribution in [0.2, 0.25) is 0 Å². The molecule has 3 rings (SSSR count). The van der Waals surface area contributed by atoms with Crippen LogP contribution in [0.4, 0.5) is 23.7 Å². The minimum atomic E-state index is -4.86. The average molecular weight is 573 g/mol. The summed E-state index contributed by atoms with van der Waals surface area (Å²) in [5.74, 6) is -2.87. The lowest BCUT2D eigenvalue weighted by Crippen LogP contribution is -2.39. The van der Waals surface area contributed by atoms with E-state index in [0.29, 0.717) is 5.56 Å². The van der Waals surface area contributed by atoms with Crippen molar-refractivity contribution in [1.29, 1.82) is 0 Å². The molecule has 0 radical (unpaired) electrons. The summed E-state index contributed by atoms with van der Waals surface area (Å²) in [4.78, 5) is 42.4. The molecule has 218 valence electrons. The fourth-order valence-electron chi connectivity index (χ4n) is 3.90. The molecule has 0 bridgehead atoms. The number of hydrogen-bond acceptors (Lipinski definition) is 5. The van der Waals surface area contributed by atoms with E-state index in [0.717, 1.165) is 23.9 Å². The van der Waals surface area contributed by atoms with E-state index in [1.807, 2.05) is 6.92 Å². The summed E-state index contributed by atoms with van der Waals surface area (Å²) in [5, 5.41) is 14.9. The maximum atomic E-state index is 13.9. The highest BCUT2D eigenvalue weighted by Crippen LogP contribution is 2.38. The maximum absolute atomic E-state index is 13.9. The number of benzene rings is 2. The van der Waals surface area contributed by atoms with E-state index in [4.69, 9.17) is 4.74 Å². The predicted octanol–water partition coefficient (Wildman–Crippen LogP) is 6.16. The van der Waals surface area contributed by atoms with Crippen LogP contribution in [0, 0.1) is 6.92 Å². The minimum Gasteiger partial charge on any atom is -0.478 e. The molecule has 0 saturated heterocycles. The van der Waals surface area contributed by atoms with Crippen LogP contribution in [0.1, 0.15) is 65.1 Å². The monoisotopic (exact) mass is 572 g/mol. The molecule has 0 spiro atoms. The molecule has 0 saturated carbocycles. The number of anilines is 1. The molecule has 0 atom stereocenters. The third-order valence-corrected chi connectivity index (χ3v) is 5.79. The molecule has 3 N–H and O–H groups in total. The number of urea groups is 1. The Morgan fingerprint density at radius 2 is 1.68 bits per heavy atom. The molecule has 1 heterocycles. The quantitative estimate of drug-likeness (QED) is 0.282. The number of carbonyl (C=O) groups excluding carboxylic acids is 2. The molecule has 12 heteroatoms. The number of aromatic carboxylic acids is 1. The lowest BCUT2D eigenvalue weighted by atomic mass is 10.1. The largest absolute Gasteiger partial charge is 0.478 e. The number of hydrogen-bond donors (Lipinski definition) is 3. The van der Waals surface area contributed by atoms with Crippen molar-refractivity contribution >= 4 is 23.6 Å². The summed E-state index contributed by atoms with van der Waals surface area (Å²) < 4.78 is 47.1. The summed E-state index contributed by atoms with van der Waals surface area (Å²) in [5.41, 5.74) is -0.139. The molecule has 0 fully saturated rings. The smallest absolute Gasteiger partial charge is 0.421 e. The van der Waals surface area contributed by atoms with E-state index in [1.54, 1.807) is 52.0 Å². The van der Waals surface area contributed by atoms with Crippen LogP contribution in [0.15, 0.2) is 54.7 Å². The van der Waals surface area contributed by atoms with Gasteiger partial charge in [0, 0.05) is 30.4 Å². The second kappa shape index (κ2) is 12.7. The van der Waals surface area contributed by atoms with Gasteiger partial charge in [0.1, 0.15) is 11.3 Å². The van der Waals surface area contributed by atoms with Gasteiger partial charge < -0.3 is 25.4 Å². The van der Waals surface area contributed by atoms with Crippen LogP contribution in [0.25, 0.3) is 0 Å². The molecule has 0 aliphatic rings. The summed E-state index contributed by atoms with van der Waals surface area (Å²) in [6.45, 7) is 8.55. The topological polar surface area (TPSA) is 121 Å². The van der Waals surface area contributed by atoms with Crippen LogP contribution in [-0.2, 0) is 12.7 Å². The zero-order valence-electron chi connectivity index (χ0n) is 23.2. The third-order valence-electron chi connectivity index (χ3n) is 5.79. The average Bonchev–Trinajstić information content (AvgIpc) is 2.88. The summed E-state index contributed by atoms with van der Waals surface area (Å²) >= 11 is 0. The van der Waals surface area contributed by atoms with Crippen molar-refractivity contribution in [3.8, 4) is 11.6 Å². The van der Waals surface area contributed by atoms with Crippen molar-refractivity contribution < 1.29 is 37.4 Å². The molecule has 3 aromatic rings. The highest BCUT2D eigenvalue weighted by Gasteiger charge is 2.36. The lowest BCUT2D eigenvalue weighted by molar-refractivity contribution is -0.138. The first-order valence-electron chi connectivity index (χ1n) is 12.7. The minimum absolute atomic E-state index is 0.0514. The summed E-state index contributed by atoms with van der Waals surface area (Å²) in [7, 11) is 0. The second-order valence-corrected chi connectivity index (χ2v) is 9.90. The number of amides is 3. The number of carboxylic acids is 1. The number of aromatic nitrogens is 1. The highest BCUT2D eigenvalue weighted by molar-refractivity contribution is 6.09. The Balaban J connectivity index is 1.94. The number of carboxylic acid groups (broad SMARTS) is 1. The van der Waals surface area contributed by atoms with Crippen molar-refractivity contribution in [2.75, 3.05) is 4.90 Å². The fourth-order valence-corrected chi connectivity index (χ4v) is 3.90. The fraction of sp³-hybridized carbons (Fsp3) is 0.310. The van der Waals surface area contributed by atoms with E-state index in [1.165, 1.54) is 17.0 Å². The van der Waals surface area contributed by atoms with E-state index in [2.05, 4.69) is 15.6 Å². The van der Waals surface area contributed by atoms with Gasteiger partial charge in [0.05, 0.1) is 11.3 Å². The summed E-state index contributed by atoms with van der Waals surface area (Å²) in [6, 6.07) is 10.0. The van der Waals surface area contributed by atoms with E-state index < -0.39 is 41.6 Å². The Morgan fingerprint density at radius 3 is 2.24 bits per heavy atom. The van der Waals surface area contributed by atoms with Gasteiger partial charge in [-0.2, -0.15) is 13.2 Å². The summed E-state index contributed by atoms with van der Waals surface area (Å²) in [6.07, 6.45) is -3.74. The van der Waals surface area contributed by atoms with Crippen LogP contribution >= 0.6 is 0 Å². The lowest BCUT2D eigenvalue weighted by Gasteiger charge is -2.28. The van der Waals surface area contributed by atoms with Crippen LogP contribution in [-0.4, -0.2) is 40.1 Å². The van der Waals surface area contributed by atoms with Gasteiger partial charge in [-0.3, -0.25) is 4.79 Å². The predicted molar refractivity (Wildman–Crippen MR) is 146 cm³/mol. The van der Waals surface area contributed by atoms with Crippen molar-refractivity contribution in [2.45, 2.75) is 59.4 Å². The Morgan fingerprint density at radius 1 is 1.02 bits per heavy atom. The second-order valence-electron chi connectivity index (χ2n) is 9.90. The number of nitrogens with zero attached hydrogens (tertiary/aromatic N) is 2. The Kier molecular flexibility index (Phi) is 9.59. The van der Waals surface area contributed by atoms with Crippen molar-refractivity contribution in [2.24, 2.45) is 0 Å². The first-order valence-corrected chi connectivity index (χ1v) is 12.7. The number of pyridine rings is 1. The van der Waals surface area contributed by atoms with Crippen LogP contribution in [0.5, 0.6) is 11.6 Å². The van der Waals surface area contributed by atoms with Crippen molar-refractivity contribution in [3.63, 3.8) is 0 Å². The zero-order valence-corrected chi connectivity index (χ0v) is 23.2. The van der Waals surface area contributed by atoms with Gasteiger partial charge in [0.2, 0.25) is 5.88 Å². The van der Waals surface area contributed by atoms with E-state index in [9.17, 15) is 32.7 Å². The Labute approximate surface area is 235 Å². The number of halogens is 3. The van der Waals surface area contributed by atoms with E-state index in [-0.39, 0.29) is 35.2 Å². The molecule has 9 nitrogen and oxygen atoms in total. The molecule has 3 amide bonds. The van der Waals surface area contributed by atoms with Gasteiger partial charge in [-0.05, 0) is 76.6 Å². The number of nitrogens with one attached hydrogen (secondary N) is 2. The third kappa shape index (κ3) is 7.96. The van der Waals surface area contributed by atoms with Crippen molar-refractivity contribution in [3.05, 3.63) is 82.5 Å². The Hall–Kier alpha value is -4.61. The SMILES string of the molecule is Cc1ccc(C(=O)N(c2ccc(Oc3ncc(CNC(=O)NC(C)C)cc3C(F)(F)F)cc2C(=O)O)C(C)C)cc1. The molecule has 1 aromatic heterocycles. The molecule has 0 aliphatic heterocycles. The number of alkyl halides is 3. The molecule has 41 heavy (non-hydrogen) atoms. The van der Waals surface area contributed by atoms with E-state index >= 15 is 0 Å². The molecule has 0 aliphatic carbocycles. The number of carbonyl (C=O) groups is 3. The number of rotatable bonds is 9. The first-order chi connectivity index (χ1) is 19.2. The highest BCUT2D eigenvalue weighted by atomic mass is 19.4. The molecular formula is C29H31F3N4O5. The zero-order chi connectivity index (χ0) is 30.5. The van der Waals surface area contributed by atoms with Crippen LogP contribution < -0.4 is 20.3 Å². The Bertz CT molecular complexity index is 1420.